The monoisotopic (exact) mass is 208 g/mol. The van der Waals surface area contributed by atoms with E-state index in [1.165, 1.54) is 0 Å². The summed E-state index contributed by atoms with van der Waals surface area (Å²) in [4.78, 5) is 17.6. The topological polar surface area (TPSA) is 50.2 Å². The number of carbonyl (C=O) groups is 1. The van der Waals surface area contributed by atoms with Crippen molar-refractivity contribution in [3.63, 3.8) is 0 Å². The zero-order valence-electron chi connectivity index (χ0n) is 9.32. The van der Waals surface area contributed by atoms with Crippen LogP contribution in [0.1, 0.15) is 29.3 Å². The van der Waals surface area contributed by atoms with Gasteiger partial charge in [0.1, 0.15) is 11.5 Å². The normalized spacial score (nSPS) is 19.8. The van der Waals surface area contributed by atoms with Crippen molar-refractivity contribution in [1.82, 2.24) is 19.8 Å². The molecule has 15 heavy (non-hydrogen) atoms. The fraction of sp³-hybridized carbons (Fsp3) is 0.600. The van der Waals surface area contributed by atoms with Gasteiger partial charge in [0.05, 0.1) is 6.04 Å². The summed E-state index contributed by atoms with van der Waals surface area (Å²) in [6, 6.07) is 0.225. The zero-order valence-corrected chi connectivity index (χ0v) is 9.32. The van der Waals surface area contributed by atoms with Gasteiger partial charge in [0, 0.05) is 33.4 Å². The Labute approximate surface area is 89.1 Å². The number of nitrogens with zero attached hydrogens (tertiary/aromatic N) is 3. The highest BCUT2D eigenvalue weighted by Gasteiger charge is 2.21. The van der Waals surface area contributed by atoms with Gasteiger partial charge in [-0.3, -0.25) is 4.79 Å². The molecular formula is C10H16N4O. The third-order valence-electron chi connectivity index (χ3n) is 2.62. The Morgan fingerprint density at radius 3 is 3.00 bits per heavy atom. The number of hydrogen-bond acceptors (Lipinski definition) is 3. The number of hydrogen-bond donors (Lipinski definition) is 1. The number of nitrogens with one attached hydrogen (secondary N) is 1. The van der Waals surface area contributed by atoms with Crippen molar-refractivity contribution in [2.24, 2.45) is 0 Å². The summed E-state index contributed by atoms with van der Waals surface area (Å²) in [5, 5.41) is 3.31. The van der Waals surface area contributed by atoms with Gasteiger partial charge in [-0.05, 0) is 6.92 Å². The van der Waals surface area contributed by atoms with Crippen molar-refractivity contribution in [2.75, 3.05) is 20.6 Å². The molecule has 1 aliphatic rings. The van der Waals surface area contributed by atoms with Crippen LogP contribution in [0.2, 0.25) is 0 Å². The van der Waals surface area contributed by atoms with Crippen molar-refractivity contribution in [1.29, 1.82) is 0 Å². The number of aromatic nitrogens is 2. The predicted octanol–water partition coefficient (Wildman–Crippen LogP) is 0.249. The Bertz CT molecular complexity index is 383. The summed E-state index contributed by atoms with van der Waals surface area (Å²) in [5.41, 5.74) is 0.533. The first-order valence-corrected chi connectivity index (χ1v) is 5.11. The first-order valence-electron chi connectivity index (χ1n) is 5.11. The largest absolute Gasteiger partial charge is 0.343 e. The van der Waals surface area contributed by atoms with Crippen LogP contribution in [0.3, 0.4) is 0 Å². The van der Waals surface area contributed by atoms with Crippen molar-refractivity contribution in [3.8, 4) is 0 Å². The molecule has 1 unspecified atom stereocenters. The first-order chi connectivity index (χ1) is 7.09. The van der Waals surface area contributed by atoms with E-state index in [1.807, 2.05) is 6.20 Å². The Morgan fingerprint density at radius 2 is 2.40 bits per heavy atom. The molecule has 1 amide bonds. The molecule has 0 fully saturated rings. The summed E-state index contributed by atoms with van der Waals surface area (Å²) in [5.74, 6) is 0.913. The van der Waals surface area contributed by atoms with Gasteiger partial charge in [0.15, 0.2) is 0 Å². The van der Waals surface area contributed by atoms with E-state index in [4.69, 9.17) is 0 Å². The minimum absolute atomic E-state index is 0.0379. The second-order valence-electron chi connectivity index (χ2n) is 4.05. The fourth-order valence-corrected chi connectivity index (χ4v) is 1.78. The van der Waals surface area contributed by atoms with Crippen molar-refractivity contribution >= 4 is 5.91 Å². The molecule has 0 bridgehead atoms. The summed E-state index contributed by atoms with van der Waals surface area (Å²) >= 11 is 0. The molecule has 82 valence electrons. The lowest BCUT2D eigenvalue weighted by atomic mass is 10.2. The average Bonchev–Trinajstić information content (AvgIpc) is 2.61. The Morgan fingerprint density at radius 1 is 1.67 bits per heavy atom. The van der Waals surface area contributed by atoms with Gasteiger partial charge >= 0.3 is 0 Å². The van der Waals surface area contributed by atoms with Gasteiger partial charge in [0.25, 0.3) is 5.91 Å². The van der Waals surface area contributed by atoms with Crippen LogP contribution in [0, 0.1) is 0 Å². The van der Waals surface area contributed by atoms with E-state index in [1.54, 1.807) is 19.0 Å². The van der Waals surface area contributed by atoms with Crippen molar-refractivity contribution in [2.45, 2.75) is 19.5 Å². The summed E-state index contributed by atoms with van der Waals surface area (Å²) in [6.07, 6.45) is 1.84. The zero-order chi connectivity index (χ0) is 11.0. The molecule has 0 aromatic carbocycles. The Balaban J connectivity index is 2.33. The summed E-state index contributed by atoms with van der Waals surface area (Å²) < 4.78 is 2.05. The quantitative estimate of drug-likeness (QED) is 0.719. The summed E-state index contributed by atoms with van der Waals surface area (Å²) in [7, 11) is 3.48. The Kier molecular flexibility index (Phi) is 2.48. The smallest absolute Gasteiger partial charge is 0.273 e. The van der Waals surface area contributed by atoms with Crippen LogP contribution in [0.25, 0.3) is 0 Å². The van der Waals surface area contributed by atoms with Gasteiger partial charge in [0.2, 0.25) is 0 Å². The van der Waals surface area contributed by atoms with E-state index in [0.29, 0.717) is 5.69 Å². The van der Waals surface area contributed by atoms with Gasteiger partial charge in [-0.2, -0.15) is 0 Å². The Hall–Kier alpha value is -1.36. The lowest BCUT2D eigenvalue weighted by Crippen LogP contribution is -2.31. The molecule has 0 radical (unpaired) electrons. The van der Waals surface area contributed by atoms with E-state index < -0.39 is 0 Å². The average molecular weight is 208 g/mol. The molecule has 0 saturated carbocycles. The molecule has 5 heteroatoms. The molecule has 1 atom stereocenters. The molecule has 1 aromatic rings. The maximum Gasteiger partial charge on any atom is 0.273 e. The summed E-state index contributed by atoms with van der Waals surface area (Å²) in [6.45, 7) is 3.87. The predicted molar refractivity (Wildman–Crippen MR) is 56.7 cm³/mol. The van der Waals surface area contributed by atoms with Crippen LogP contribution in [0.4, 0.5) is 0 Å². The maximum absolute atomic E-state index is 11.7. The maximum atomic E-state index is 11.7. The number of fused-ring (bicyclic) bond motifs is 1. The van der Waals surface area contributed by atoms with Gasteiger partial charge < -0.3 is 14.8 Å². The molecule has 0 saturated heterocycles. The molecule has 2 heterocycles. The highest BCUT2D eigenvalue weighted by atomic mass is 16.2. The highest BCUT2D eigenvalue weighted by molar-refractivity contribution is 5.91. The molecule has 0 spiro atoms. The second-order valence-corrected chi connectivity index (χ2v) is 4.05. The molecule has 0 aliphatic carbocycles. The fourth-order valence-electron chi connectivity index (χ4n) is 1.78. The minimum atomic E-state index is -0.0379. The SMILES string of the molecule is CC1NCCn2cc(C(=O)N(C)C)nc21. The molecule has 1 aliphatic heterocycles. The molecular weight excluding hydrogens is 192 g/mol. The van der Waals surface area contributed by atoms with Crippen LogP contribution in [0.15, 0.2) is 6.20 Å². The van der Waals surface area contributed by atoms with E-state index in [9.17, 15) is 4.79 Å². The van der Waals surface area contributed by atoms with Crippen LogP contribution >= 0.6 is 0 Å². The number of carbonyl (C=O) groups excluding carboxylic acids is 1. The van der Waals surface area contributed by atoms with Crippen molar-refractivity contribution < 1.29 is 4.79 Å². The van der Waals surface area contributed by atoms with Crippen molar-refractivity contribution in [3.05, 3.63) is 17.7 Å². The molecule has 1 aromatic heterocycles. The number of amides is 1. The van der Waals surface area contributed by atoms with Gasteiger partial charge in [-0.15, -0.1) is 0 Å². The van der Waals surface area contributed by atoms with Gasteiger partial charge in [-0.25, -0.2) is 4.98 Å². The lowest BCUT2D eigenvalue weighted by molar-refractivity contribution is 0.0822. The van der Waals surface area contributed by atoms with Gasteiger partial charge in [-0.1, -0.05) is 0 Å². The minimum Gasteiger partial charge on any atom is -0.343 e. The molecule has 1 N–H and O–H groups in total. The van der Waals surface area contributed by atoms with E-state index in [0.717, 1.165) is 18.9 Å². The lowest BCUT2D eigenvalue weighted by Gasteiger charge is -2.21. The van der Waals surface area contributed by atoms with Crippen LogP contribution < -0.4 is 5.32 Å². The first kappa shape index (κ1) is 10.2. The second kappa shape index (κ2) is 3.66. The van der Waals surface area contributed by atoms with Crippen LogP contribution in [0.5, 0.6) is 0 Å². The van der Waals surface area contributed by atoms with E-state index in [-0.39, 0.29) is 11.9 Å². The van der Waals surface area contributed by atoms with E-state index >= 15 is 0 Å². The third kappa shape index (κ3) is 1.74. The number of imidazole rings is 1. The van der Waals surface area contributed by atoms with E-state index in [2.05, 4.69) is 21.8 Å². The highest BCUT2D eigenvalue weighted by Crippen LogP contribution is 2.16. The number of rotatable bonds is 1. The van der Waals surface area contributed by atoms with Crippen LogP contribution in [-0.2, 0) is 6.54 Å². The third-order valence-corrected chi connectivity index (χ3v) is 2.62. The molecule has 5 nitrogen and oxygen atoms in total. The van der Waals surface area contributed by atoms with Crippen LogP contribution in [-0.4, -0.2) is 41.0 Å². The molecule has 2 rings (SSSR count). The standard InChI is InChI=1S/C10H16N4O/c1-7-9-12-8(10(15)13(2)3)6-14(9)5-4-11-7/h6-7,11H,4-5H2,1-3H3.